The summed E-state index contributed by atoms with van der Waals surface area (Å²) < 4.78 is 9.01. The first-order valence-electron chi connectivity index (χ1n) is 16.0. The summed E-state index contributed by atoms with van der Waals surface area (Å²) in [4.78, 5) is 15.1. The maximum absolute atomic E-state index is 6.61. The Morgan fingerprint density at radius 2 is 1.00 bits per heavy atom. The molecule has 0 bridgehead atoms. The van der Waals surface area contributed by atoms with Crippen molar-refractivity contribution in [3.8, 4) is 39.9 Å². The van der Waals surface area contributed by atoms with Gasteiger partial charge in [0.1, 0.15) is 11.2 Å². The van der Waals surface area contributed by atoms with E-state index in [1.54, 1.807) is 0 Å². The first-order valence-corrected chi connectivity index (χ1v) is 16.0. The van der Waals surface area contributed by atoms with E-state index in [1.165, 1.54) is 21.5 Å². The second kappa shape index (κ2) is 10.5. The number of hydrogen-bond donors (Lipinski definition) is 0. The van der Waals surface area contributed by atoms with Crippen molar-refractivity contribution in [2.45, 2.75) is 0 Å². The second-order valence-electron chi connectivity index (χ2n) is 12.0. The van der Waals surface area contributed by atoms with Crippen LogP contribution in [0.3, 0.4) is 0 Å². The summed E-state index contributed by atoms with van der Waals surface area (Å²) >= 11 is 0. The molecule has 0 fully saturated rings. The minimum atomic E-state index is 0.580. The summed E-state index contributed by atoms with van der Waals surface area (Å²) in [6, 6.07) is 54.4. The summed E-state index contributed by atoms with van der Waals surface area (Å²) in [7, 11) is 0. The van der Waals surface area contributed by atoms with Crippen LogP contribution in [0.2, 0.25) is 0 Å². The van der Waals surface area contributed by atoms with E-state index in [2.05, 4.69) is 89.5 Å². The lowest BCUT2D eigenvalue weighted by atomic mass is 10.0. The molecule has 10 aromatic rings. The van der Waals surface area contributed by atoms with Gasteiger partial charge in [-0.05, 0) is 29.7 Å². The zero-order valence-corrected chi connectivity index (χ0v) is 25.7. The average Bonchev–Trinajstić information content (AvgIpc) is 3.71. The second-order valence-corrected chi connectivity index (χ2v) is 12.0. The molecule has 0 amide bonds. The van der Waals surface area contributed by atoms with Crippen LogP contribution in [0.1, 0.15) is 0 Å². The van der Waals surface area contributed by atoms with E-state index < -0.39 is 0 Å². The van der Waals surface area contributed by atoms with Crippen LogP contribution in [-0.2, 0) is 0 Å². The Morgan fingerprint density at radius 3 is 1.73 bits per heavy atom. The van der Waals surface area contributed by atoms with E-state index in [0.29, 0.717) is 17.5 Å². The Hall–Kier alpha value is -6.59. The van der Waals surface area contributed by atoms with Gasteiger partial charge in [0.25, 0.3) is 0 Å². The number of furan rings is 1. The van der Waals surface area contributed by atoms with Gasteiger partial charge in [-0.1, -0.05) is 133 Å². The Balaban J connectivity index is 1.34. The summed E-state index contributed by atoms with van der Waals surface area (Å²) in [5, 5.41) is 6.89. The topological polar surface area (TPSA) is 56.7 Å². The van der Waals surface area contributed by atoms with E-state index in [1.807, 2.05) is 72.8 Å². The number of hydrogen-bond acceptors (Lipinski definition) is 4. The van der Waals surface area contributed by atoms with Crippen LogP contribution < -0.4 is 0 Å². The van der Waals surface area contributed by atoms with Crippen molar-refractivity contribution in [1.29, 1.82) is 0 Å². The van der Waals surface area contributed by atoms with Gasteiger partial charge in [-0.3, -0.25) is 0 Å². The highest BCUT2D eigenvalue weighted by atomic mass is 16.3. The molecule has 3 aromatic heterocycles. The molecule has 0 N–H and O–H groups in total. The number of fused-ring (bicyclic) bond motifs is 8. The third-order valence-electron chi connectivity index (χ3n) is 9.22. The van der Waals surface area contributed by atoms with Crippen LogP contribution in [0.5, 0.6) is 0 Å². The third kappa shape index (κ3) is 4.08. The summed E-state index contributed by atoms with van der Waals surface area (Å²) in [5.74, 6) is 1.82. The van der Waals surface area contributed by atoms with Crippen molar-refractivity contribution in [2.24, 2.45) is 0 Å². The highest BCUT2D eigenvalue weighted by Gasteiger charge is 2.22. The molecule has 0 aliphatic carbocycles. The standard InChI is InChI=1S/C43H26N4O/c1-3-14-28(15-4-1)41-44-42(29-16-5-2-6-17-29)46-43(45-41)30-25-36(39-34-20-10-12-22-37(34)48-38(39)26-30)47-35-21-11-9-19-32(35)33-24-23-27-13-7-8-18-31(27)40(33)47/h1-26H. The number of para-hydroxylation sites is 2. The van der Waals surface area contributed by atoms with Crippen LogP contribution >= 0.6 is 0 Å². The first kappa shape index (κ1) is 26.6. The van der Waals surface area contributed by atoms with Gasteiger partial charge >= 0.3 is 0 Å². The highest BCUT2D eigenvalue weighted by Crippen LogP contribution is 2.42. The summed E-state index contributed by atoms with van der Waals surface area (Å²) in [5.41, 5.74) is 7.61. The van der Waals surface area contributed by atoms with E-state index in [4.69, 9.17) is 19.4 Å². The Bertz CT molecular complexity index is 2780. The predicted octanol–water partition coefficient (Wildman–Crippen LogP) is 11.0. The van der Waals surface area contributed by atoms with Crippen LogP contribution in [0.4, 0.5) is 0 Å². The molecular formula is C43H26N4O. The van der Waals surface area contributed by atoms with Crippen LogP contribution in [0, 0.1) is 0 Å². The van der Waals surface area contributed by atoms with Crippen molar-refractivity contribution < 1.29 is 4.42 Å². The molecule has 48 heavy (non-hydrogen) atoms. The van der Waals surface area contributed by atoms with Crippen LogP contribution in [0.15, 0.2) is 162 Å². The van der Waals surface area contributed by atoms with Gasteiger partial charge in [-0.2, -0.15) is 0 Å². The van der Waals surface area contributed by atoms with Crippen LogP contribution in [-0.4, -0.2) is 19.5 Å². The van der Waals surface area contributed by atoms with Gasteiger partial charge in [0.15, 0.2) is 17.5 Å². The van der Waals surface area contributed by atoms with E-state index in [9.17, 15) is 0 Å². The zero-order chi connectivity index (χ0) is 31.6. The van der Waals surface area contributed by atoms with E-state index in [-0.39, 0.29) is 0 Å². The number of benzene rings is 7. The minimum Gasteiger partial charge on any atom is -0.456 e. The fourth-order valence-electron chi connectivity index (χ4n) is 7.06. The maximum Gasteiger partial charge on any atom is 0.164 e. The van der Waals surface area contributed by atoms with Gasteiger partial charge in [-0.25, -0.2) is 15.0 Å². The molecule has 0 unspecified atom stereocenters. The lowest BCUT2D eigenvalue weighted by Gasteiger charge is -2.14. The predicted molar refractivity (Wildman–Crippen MR) is 195 cm³/mol. The van der Waals surface area contributed by atoms with Crippen molar-refractivity contribution in [3.63, 3.8) is 0 Å². The first-order chi connectivity index (χ1) is 23.8. The number of nitrogens with zero attached hydrogens (tertiary/aromatic N) is 4. The molecule has 5 heteroatoms. The quantitative estimate of drug-likeness (QED) is 0.198. The molecule has 5 nitrogen and oxygen atoms in total. The molecule has 7 aromatic carbocycles. The van der Waals surface area contributed by atoms with Gasteiger partial charge in [0.05, 0.1) is 22.1 Å². The number of aromatic nitrogens is 4. The lowest BCUT2D eigenvalue weighted by Crippen LogP contribution is -2.01. The van der Waals surface area contributed by atoms with Gasteiger partial charge < -0.3 is 8.98 Å². The Labute approximate surface area is 275 Å². The SMILES string of the molecule is c1ccc(-c2nc(-c3ccccc3)nc(-c3cc(-n4c5ccccc5c5ccc6ccccc6c54)c4c(c3)oc3ccccc34)n2)cc1. The van der Waals surface area contributed by atoms with E-state index in [0.717, 1.165) is 55.3 Å². The van der Waals surface area contributed by atoms with Gasteiger partial charge in [0, 0.05) is 38.2 Å². The van der Waals surface area contributed by atoms with Gasteiger partial charge in [-0.15, -0.1) is 0 Å². The molecule has 0 radical (unpaired) electrons. The van der Waals surface area contributed by atoms with E-state index >= 15 is 0 Å². The lowest BCUT2D eigenvalue weighted by molar-refractivity contribution is 0.669. The molecule has 10 rings (SSSR count). The van der Waals surface area contributed by atoms with Crippen molar-refractivity contribution in [2.75, 3.05) is 0 Å². The molecule has 0 saturated carbocycles. The smallest absolute Gasteiger partial charge is 0.164 e. The fourth-order valence-corrected chi connectivity index (χ4v) is 7.06. The third-order valence-corrected chi connectivity index (χ3v) is 9.22. The molecule has 3 heterocycles. The molecular weight excluding hydrogens is 589 g/mol. The number of rotatable bonds is 4. The molecule has 0 aliphatic heterocycles. The molecule has 0 atom stereocenters. The fraction of sp³-hybridized carbons (Fsp3) is 0. The largest absolute Gasteiger partial charge is 0.456 e. The van der Waals surface area contributed by atoms with Gasteiger partial charge in [0.2, 0.25) is 0 Å². The monoisotopic (exact) mass is 614 g/mol. The Morgan fingerprint density at radius 1 is 0.417 bits per heavy atom. The maximum atomic E-state index is 6.61. The van der Waals surface area contributed by atoms with Crippen molar-refractivity contribution in [3.05, 3.63) is 158 Å². The summed E-state index contributed by atoms with van der Waals surface area (Å²) in [6.07, 6.45) is 0. The Kier molecular flexibility index (Phi) is 5.81. The molecule has 0 saturated heterocycles. The summed E-state index contributed by atoms with van der Waals surface area (Å²) in [6.45, 7) is 0. The molecule has 0 aliphatic rings. The highest BCUT2D eigenvalue weighted by molar-refractivity contribution is 6.20. The minimum absolute atomic E-state index is 0.580. The zero-order valence-electron chi connectivity index (χ0n) is 25.7. The average molecular weight is 615 g/mol. The van der Waals surface area contributed by atoms with Crippen LogP contribution in [0.25, 0.3) is 94.4 Å². The van der Waals surface area contributed by atoms with Crippen molar-refractivity contribution >= 4 is 54.5 Å². The normalized spacial score (nSPS) is 11.8. The molecule has 224 valence electrons. The van der Waals surface area contributed by atoms with Crippen molar-refractivity contribution in [1.82, 2.24) is 19.5 Å². The molecule has 0 spiro atoms.